The van der Waals surface area contributed by atoms with Gasteiger partial charge in [0.15, 0.2) is 0 Å². The largest absolute Gasteiger partial charge is 0.457 e. The van der Waals surface area contributed by atoms with Crippen LogP contribution >= 0.6 is 22.7 Å². The van der Waals surface area contributed by atoms with Gasteiger partial charge in [0.05, 0.1) is 12.2 Å². The van der Waals surface area contributed by atoms with Gasteiger partial charge in [0.2, 0.25) is 0 Å². The van der Waals surface area contributed by atoms with Crippen LogP contribution < -0.4 is 9.47 Å². The van der Waals surface area contributed by atoms with Crippen LogP contribution in [-0.4, -0.2) is 12.2 Å². The van der Waals surface area contributed by atoms with Crippen molar-refractivity contribution in [3.63, 3.8) is 0 Å². The quantitative estimate of drug-likeness (QED) is 0.0999. The predicted molar refractivity (Wildman–Crippen MR) is 215 cm³/mol. The van der Waals surface area contributed by atoms with E-state index in [4.69, 9.17) is 14.2 Å². The molecule has 4 aromatic carbocycles. The van der Waals surface area contributed by atoms with E-state index >= 15 is 0 Å². The molecule has 51 heavy (non-hydrogen) atoms. The number of ether oxygens (including phenoxy) is 3. The van der Waals surface area contributed by atoms with Crippen LogP contribution in [-0.2, 0) is 28.4 Å². The van der Waals surface area contributed by atoms with Crippen molar-refractivity contribution in [1.29, 1.82) is 0 Å². The van der Waals surface area contributed by atoms with Gasteiger partial charge >= 0.3 is 0 Å². The van der Waals surface area contributed by atoms with E-state index in [0.717, 1.165) is 48.7 Å². The van der Waals surface area contributed by atoms with Gasteiger partial charge in [0.1, 0.15) is 23.0 Å². The molecule has 0 aliphatic heterocycles. The maximum absolute atomic E-state index is 7.75. The number of rotatable bonds is 16. The first-order valence-electron chi connectivity index (χ1n) is 18.1. The van der Waals surface area contributed by atoms with Crippen LogP contribution in [0.4, 0.5) is 0 Å². The molecule has 0 N–H and O–H groups in total. The maximum Gasteiger partial charge on any atom is 0.127 e. The first kappa shape index (κ1) is 36.6. The first-order valence-corrected chi connectivity index (χ1v) is 19.8. The number of para-hydroxylation sites is 2. The summed E-state index contributed by atoms with van der Waals surface area (Å²) in [5.74, 6) is 3.33. The second kappa shape index (κ2) is 16.5. The van der Waals surface area contributed by atoms with E-state index in [-0.39, 0.29) is 23.0 Å². The molecule has 2 heterocycles. The molecule has 0 saturated heterocycles. The van der Waals surface area contributed by atoms with Crippen LogP contribution in [0.2, 0.25) is 0 Å². The van der Waals surface area contributed by atoms with Gasteiger partial charge in [-0.05, 0) is 133 Å². The molecule has 0 saturated carbocycles. The van der Waals surface area contributed by atoms with Crippen LogP contribution in [0.5, 0.6) is 23.0 Å². The second-order valence-electron chi connectivity index (χ2n) is 14.2. The third-order valence-corrected chi connectivity index (χ3v) is 13.1. The molecule has 0 spiro atoms. The van der Waals surface area contributed by atoms with Crippen LogP contribution in [0, 0.1) is 13.8 Å². The maximum atomic E-state index is 7.75. The van der Waals surface area contributed by atoms with E-state index in [1.165, 1.54) is 32.0 Å². The highest BCUT2D eigenvalue weighted by Crippen LogP contribution is 2.44. The minimum Gasteiger partial charge on any atom is -0.457 e. The molecule has 6 aromatic rings. The Morgan fingerprint density at radius 1 is 0.510 bits per heavy atom. The minimum atomic E-state index is -0.217. The molecular formula is C46H50O3S2. The lowest BCUT2D eigenvalue weighted by Gasteiger charge is -2.44. The highest BCUT2D eigenvalue weighted by molar-refractivity contribution is 7.10. The number of benzene rings is 4. The van der Waals surface area contributed by atoms with Gasteiger partial charge in [-0.2, -0.15) is 0 Å². The van der Waals surface area contributed by atoms with Crippen LogP contribution in [0.15, 0.2) is 132 Å². The van der Waals surface area contributed by atoms with Gasteiger partial charge in [-0.3, -0.25) is 0 Å². The third kappa shape index (κ3) is 8.84. The summed E-state index contributed by atoms with van der Waals surface area (Å²) in [5, 5.41) is 4.55. The Labute approximate surface area is 312 Å². The highest BCUT2D eigenvalue weighted by Gasteiger charge is 2.43. The van der Waals surface area contributed by atoms with Gasteiger partial charge in [-0.25, -0.2) is 0 Å². The van der Waals surface area contributed by atoms with Crippen LogP contribution in [0.1, 0.15) is 72.5 Å². The van der Waals surface area contributed by atoms with E-state index < -0.39 is 0 Å². The molecule has 0 aliphatic carbocycles. The average Bonchev–Trinajstić information content (AvgIpc) is 3.80. The van der Waals surface area contributed by atoms with E-state index in [1.807, 2.05) is 95.5 Å². The molecule has 2 aromatic heterocycles. The Kier molecular flexibility index (Phi) is 11.8. The third-order valence-electron chi connectivity index (χ3n) is 10.4. The summed E-state index contributed by atoms with van der Waals surface area (Å²) in [6, 6.07) is 41.8. The Morgan fingerprint density at radius 2 is 0.902 bits per heavy atom. The van der Waals surface area contributed by atoms with E-state index in [9.17, 15) is 0 Å². The highest BCUT2D eigenvalue weighted by atomic mass is 32.1. The van der Waals surface area contributed by atoms with Crippen molar-refractivity contribution in [3.05, 3.63) is 164 Å². The molecule has 5 heteroatoms. The van der Waals surface area contributed by atoms with Crippen molar-refractivity contribution >= 4 is 22.7 Å². The lowest BCUT2D eigenvalue weighted by molar-refractivity contribution is -0.0826. The zero-order chi connectivity index (χ0) is 35.8. The van der Waals surface area contributed by atoms with E-state index in [1.54, 1.807) is 0 Å². The van der Waals surface area contributed by atoms with Crippen LogP contribution in [0.25, 0.3) is 0 Å². The van der Waals surface area contributed by atoms with Crippen molar-refractivity contribution in [2.45, 2.75) is 90.3 Å². The van der Waals surface area contributed by atoms with Crippen molar-refractivity contribution in [3.8, 4) is 23.0 Å². The van der Waals surface area contributed by atoms with Crippen molar-refractivity contribution in [2.75, 3.05) is 0 Å². The summed E-state index contributed by atoms with van der Waals surface area (Å²) in [6.07, 6.45) is 3.20. The van der Waals surface area contributed by atoms with Crippen molar-refractivity contribution in [1.82, 2.24) is 0 Å². The normalized spacial score (nSPS) is 15.0. The summed E-state index contributed by atoms with van der Waals surface area (Å²) < 4.78 is 20.3. The summed E-state index contributed by atoms with van der Waals surface area (Å²) in [6.45, 7) is 13.8. The predicted octanol–water partition coefficient (Wildman–Crippen LogP) is 13.3. The molecule has 4 atom stereocenters. The number of aryl methyl sites for hydroxylation is 2. The standard InChI is InChI=1S/C46H50O3S2/c1-7-45(5,43-25-33(3)31-50-43)41(29-35-17-15-23-39(27-35)47-37-19-11-9-12-20-37)49-42(46(6,8-2)44-26-34(4)32-51-44)30-36-18-16-24-40(28-36)48-38-21-13-10-14-22-38/h9-28,31-32,41-42H,7-8,29-30H2,1-6H3. The molecule has 0 fully saturated rings. The Morgan fingerprint density at radius 3 is 1.25 bits per heavy atom. The molecule has 0 radical (unpaired) electrons. The number of thiophene rings is 2. The molecule has 0 amide bonds. The Hall–Kier alpha value is -4.16. The van der Waals surface area contributed by atoms with Gasteiger partial charge in [-0.1, -0.05) is 88.4 Å². The fraction of sp³-hybridized carbons (Fsp3) is 0.304. The van der Waals surface area contributed by atoms with Gasteiger partial charge in [0.25, 0.3) is 0 Å². The van der Waals surface area contributed by atoms with Gasteiger partial charge in [-0.15, -0.1) is 22.7 Å². The van der Waals surface area contributed by atoms with E-state index in [2.05, 4.69) is 101 Å². The van der Waals surface area contributed by atoms with Crippen molar-refractivity contribution < 1.29 is 14.2 Å². The number of hydrogen-bond acceptors (Lipinski definition) is 5. The van der Waals surface area contributed by atoms with E-state index in [0.29, 0.717) is 0 Å². The summed E-state index contributed by atoms with van der Waals surface area (Å²) in [5.41, 5.74) is 4.56. The number of hydrogen-bond donors (Lipinski definition) is 0. The lowest BCUT2D eigenvalue weighted by atomic mass is 9.74. The minimum absolute atomic E-state index is 0.104. The molecule has 0 bridgehead atoms. The SMILES string of the molecule is CCC(C)(c1cc(C)cs1)C(Cc1cccc(Oc2ccccc2)c1)OC(Cc1cccc(Oc2ccccc2)c1)C(C)(CC)c1cc(C)cs1. The molecule has 6 rings (SSSR count). The average molecular weight is 715 g/mol. The molecule has 3 nitrogen and oxygen atoms in total. The van der Waals surface area contributed by atoms with Gasteiger partial charge in [0, 0.05) is 20.6 Å². The Balaban J connectivity index is 1.39. The Bertz CT molecular complexity index is 1840. The molecule has 4 unspecified atom stereocenters. The van der Waals surface area contributed by atoms with Crippen molar-refractivity contribution in [2.24, 2.45) is 0 Å². The smallest absolute Gasteiger partial charge is 0.127 e. The molecule has 0 aliphatic rings. The summed E-state index contributed by atoms with van der Waals surface area (Å²) in [7, 11) is 0. The fourth-order valence-corrected chi connectivity index (χ4v) is 9.14. The monoisotopic (exact) mass is 714 g/mol. The van der Waals surface area contributed by atoms with Gasteiger partial charge < -0.3 is 14.2 Å². The zero-order valence-corrected chi connectivity index (χ0v) is 32.4. The second-order valence-corrected chi connectivity index (χ2v) is 16.0. The van der Waals surface area contributed by atoms with Crippen LogP contribution in [0.3, 0.4) is 0 Å². The molecular weight excluding hydrogens is 665 g/mol. The first-order chi connectivity index (χ1) is 24.7. The zero-order valence-electron chi connectivity index (χ0n) is 30.7. The summed E-state index contributed by atoms with van der Waals surface area (Å²) >= 11 is 3.71. The lowest BCUT2D eigenvalue weighted by Crippen LogP contribution is -2.48. The fourth-order valence-electron chi connectivity index (χ4n) is 6.78. The molecule has 264 valence electrons. The summed E-state index contributed by atoms with van der Waals surface area (Å²) in [4.78, 5) is 2.73. The topological polar surface area (TPSA) is 27.7 Å².